The fourth-order valence-corrected chi connectivity index (χ4v) is 6.51. The van der Waals surface area contributed by atoms with Gasteiger partial charge in [-0.15, -0.1) is 23.7 Å². The van der Waals surface area contributed by atoms with Crippen LogP contribution in [0.3, 0.4) is 0 Å². The number of carbonyl (C=O) groups excluding carboxylic acids is 1. The lowest BCUT2D eigenvalue weighted by atomic mass is 9.79. The van der Waals surface area contributed by atoms with Gasteiger partial charge in [0.1, 0.15) is 10.3 Å². The van der Waals surface area contributed by atoms with Crippen molar-refractivity contribution in [2.45, 2.75) is 55.8 Å². The maximum Gasteiger partial charge on any atom is 0.253 e. The van der Waals surface area contributed by atoms with Crippen molar-refractivity contribution in [3.05, 3.63) is 17.5 Å². The van der Waals surface area contributed by atoms with Crippen LogP contribution in [0.15, 0.2) is 21.7 Å². The summed E-state index contributed by atoms with van der Waals surface area (Å²) in [6.45, 7) is 5.73. The van der Waals surface area contributed by atoms with Crippen LogP contribution in [0.5, 0.6) is 0 Å². The smallest absolute Gasteiger partial charge is 0.253 e. The van der Waals surface area contributed by atoms with E-state index in [0.717, 1.165) is 19.3 Å². The molecule has 3 rings (SSSR count). The first-order valence-corrected chi connectivity index (χ1v) is 11.2. The highest BCUT2D eigenvalue weighted by molar-refractivity contribution is 7.91. The zero-order valence-corrected chi connectivity index (χ0v) is 17.7. The number of hydrogen-bond donors (Lipinski definition) is 1. The van der Waals surface area contributed by atoms with Crippen LogP contribution in [-0.4, -0.2) is 55.2 Å². The molecule has 0 aliphatic carbocycles. The summed E-state index contributed by atoms with van der Waals surface area (Å²) in [6, 6.07) is 2.81. The lowest BCUT2D eigenvalue weighted by Gasteiger charge is -2.45. The Morgan fingerprint density at radius 1 is 1.27 bits per heavy atom. The van der Waals surface area contributed by atoms with Crippen LogP contribution in [-0.2, 0) is 14.8 Å². The summed E-state index contributed by atoms with van der Waals surface area (Å²) in [6.07, 6.45) is 3.02. The quantitative estimate of drug-likeness (QED) is 0.811. The predicted molar refractivity (Wildman–Crippen MR) is 106 cm³/mol. The molecule has 0 aromatic carbocycles. The van der Waals surface area contributed by atoms with Crippen molar-refractivity contribution in [2.24, 2.45) is 11.1 Å². The molecule has 2 unspecified atom stereocenters. The minimum Gasteiger partial charge on any atom is -0.341 e. The maximum absolute atomic E-state index is 13.2. The number of piperidine rings is 2. The second-order valence-corrected chi connectivity index (χ2v) is 10.8. The molecule has 6 nitrogen and oxygen atoms in total. The van der Waals surface area contributed by atoms with Gasteiger partial charge in [-0.1, -0.05) is 26.3 Å². The van der Waals surface area contributed by atoms with Crippen LogP contribution in [0.1, 0.15) is 39.5 Å². The van der Waals surface area contributed by atoms with Crippen molar-refractivity contribution in [3.63, 3.8) is 0 Å². The molecule has 1 aromatic heterocycles. The summed E-state index contributed by atoms with van der Waals surface area (Å²) in [4.78, 5) is 15.0. The number of rotatable bonds is 3. The summed E-state index contributed by atoms with van der Waals surface area (Å²) in [7, 11) is -3.61. The third-order valence-electron chi connectivity index (χ3n) is 5.42. The van der Waals surface area contributed by atoms with E-state index in [-0.39, 0.29) is 29.8 Å². The summed E-state index contributed by atoms with van der Waals surface area (Å²) in [5, 5.41) is 1.75. The molecule has 2 aliphatic rings. The summed E-state index contributed by atoms with van der Waals surface area (Å²) >= 11 is 1.20. The number of carbonyl (C=O) groups is 1. The van der Waals surface area contributed by atoms with Gasteiger partial charge < -0.3 is 10.6 Å². The molecule has 3 heterocycles. The Labute approximate surface area is 166 Å². The summed E-state index contributed by atoms with van der Waals surface area (Å²) < 4.78 is 27.7. The standard InChI is InChI=1S/C17H27N3O3S2.ClH/c1-17(2)12-19(10-8-14(17)18)16(21)13-6-3-4-9-20(13)25(22,23)15-7-5-11-24-15;/h5,7,11,13-14H,3-4,6,8-10,12,18H2,1-2H3;1H. The molecule has 1 aromatic rings. The first-order chi connectivity index (χ1) is 11.7. The van der Waals surface area contributed by atoms with Crippen LogP contribution in [0, 0.1) is 5.41 Å². The molecule has 148 valence electrons. The molecule has 0 bridgehead atoms. The van der Waals surface area contributed by atoms with Gasteiger partial charge in [0, 0.05) is 25.7 Å². The van der Waals surface area contributed by atoms with Crippen LogP contribution in [0.2, 0.25) is 0 Å². The van der Waals surface area contributed by atoms with Crippen molar-refractivity contribution < 1.29 is 13.2 Å². The van der Waals surface area contributed by atoms with Crippen LogP contribution >= 0.6 is 23.7 Å². The van der Waals surface area contributed by atoms with Crippen molar-refractivity contribution in [2.75, 3.05) is 19.6 Å². The molecule has 0 spiro atoms. The van der Waals surface area contributed by atoms with Crippen LogP contribution < -0.4 is 5.73 Å². The van der Waals surface area contributed by atoms with E-state index in [2.05, 4.69) is 13.8 Å². The number of thiophene rings is 1. The highest BCUT2D eigenvalue weighted by Crippen LogP contribution is 2.32. The number of amides is 1. The molecule has 0 radical (unpaired) electrons. The molecule has 2 atom stereocenters. The highest BCUT2D eigenvalue weighted by Gasteiger charge is 2.43. The van der Waals surface area contributed by atoms with Crippen molar-refractivity contribution in [3.8, 4) is 0 Å². The Balaban J connectivity index is 0.00000243. The fourth-order valence-electron chi connectivity index (χ4n) is 3.74. The zero-order chi connectivity index (χ0) is 18.2. The van der Waals surface area contributed by atoms with E-state index in [1.165, 1.54) is 15.6 Å². The van der Waals surface area contributed by atoms with Gasteiger partial charge in [0.05, 0.1) is 0 Å². The van der Waals surface area contributed by atoms with Gasteiger partial charge in [-0.2, -0.15) is 4.31 Å². The van der Waals surface area contributed by atoms with E-state index < -0.39 is 16.1 Å². The topological polar surface area (TPSA) is 83.7 Å². The van der Waals surface area contributed by atoms with E-state index >= 15 is 0 Å². The molecule has 9 heteroatoms. The van der Waals surface area contributed by atoms with E-state index in [1.807, 2.05) is 4.90 Å². The number of halogens is 1. The zero-order valence-electron chi connectivity index (χ0n) is 15.3. The average molecular weight is 422 g/mol. The Morgan fingerprint density at radius 2 is 2.00 bits per heavy atom. The average Bonchev–Trinajstić information content (AvgIpc) is 3.12. The van der Waals surface area contributed by atoms with Gasteiger partial charge in [-0.05, 0) is 36.1 Å². The Kier molecular flexibility index (Phi) is 6.77. The predicted octanol–water partition coefficient (Wildman–Crippen LogP) is 2.30. The van der Waals surface area contributed by atoms with Crippen LogP contribution in [0.25, 0.3) is 0 Å². The van der Waals surface area contributed by atoms with Gasteiger partial charge in [0.2, 0.25) is 5.91 Å². The van der Waals surface area contributed by atoms with E-state index in [9.17, 15) is 13.2 Å². The molecule has 1 amide bonds. The number of likely N-dealkylation sites (tertiary alicyclic amines) is 1. The lowest BCUT2D eigenvalue weighted by molar-refractivity contribution is -0.139. The molecule has 26 heavy (non-hydrogen) atoms. The van der Waals surface area contributed by atoms with Gasteiger partial charge >= 0.3 is 0 Å². The minimum absolute atomic E-state index is 0. The normalized spacial score (nSPS) is 27.0. The monoisotopic (exact) mass is 421 g/mol. The van der Waals surface area contributed by atoms with Gasteiger partial charge in [-0.25, -0.2) is 8.42 Å². The highest BCUT2D eigenvalue weighted by atomic mass is 35.5. The van der Waals surface area contributed by atoms with Gasteiger partial charge in [-0.3, -0.25) is 4.79 Å². The van der Waals surface area contributed by atoms with Gasteiger partial charge in [0.15, 0.2) is 0 Å². The van der Waals surface area contributed by atoms with E-state index in [0.29, 0.717) is 30.3 Å². The third kappa shape index (κ3) is 4.09. The number of nitrogens with zero attached hydrogens (tertiary/aromatic N) is 2. The van der Waals surface area contributed by atoms with E-state index in [1.54, 1.807) is 17.5 Å². The second kappa shape index (κ2) is 8.14. The molecular formula is C17H28ClN3O3S2. The van der Waals surface area contributed by atoms with Crippen molar-refractivity contribution >= 4 is 39.7 Å². The number of sulfonamides is 1. The molecular weight excluding hydrogens is 394 g/mol. The second-order valence-electron chi connectivity index (χ2n) is 7.70. The first kappa shape index (κ1) is 21.6. The number of nitrogens with two attached hydrogens (primary N) is 1. The maximum atomic E-state index is 13.2. The molecule has 0 saturated carbocycles. The first-order valence-electron chi connectivity index (χ1n) is 8.83. The Bertz CT molecular complexity index is 722. The SMILES string of the molecule is CC1(C)CN(C(=O)C2CCCCN2S(=O)(=O)c2cccs2)CCC1N.Cl. The third-order valence-corrected chi connectivity index (χ3v) is 8.70. The lowest BCUT2D eigenvalue weighted by Crippen LogP contribution is -2.59. The minimum atomic E-state index is -3.61. The Morgan fingerprint density at radius 3 is 2.62 bits per heavy atom. The van der Waals surface area contributed by atoms with Crippen molar-refractivity contribution in [1.29, 1.82) is 0 Å². The largest absolute Gasteiger partial charge is 0.341 e. The molecule has 2 aliphatic heterocycles. The van der Waals surface area contributed by atoms with Gasteiger partial charge in [0.25, 0.3) is 10.0 Å². The van der Waals surface area contributed by atoms with E-state index in [4.69, 9.17) is 5.73 Å². The molecule has 2 N–H and O–H groups in total. The molecule has 2 fully saturated rings. The summed E-state index contributed by atoms with van der Waals surface area (Å²) in [5.74, 6) is -0.0696. The molecule has 2 saturated heterocycles. The Hall–Kier alpha value is -0.670. The van der Waals surface area contributed by atoms with Crippen molar-refractivity contribution in [1.82, 2.24) is 9.21 Å². The van der Waals surface area contributed by atoms with Crippen LogP contribution in [0.4, 0.5) is 0 Å². The number of hydrogen-bond acceptors (Lipinski definition) is 5. The fraction of sp³-hybridized carbons (Fsp3) is 0.706. The summed E-state index contributed by atoms with van der Waals surface area (Å²) in [5.41, 5.74) is 6.02.